The van der Waals surface area contributed by atoms with Gasteiger partial charge in [0.15, 0.2) is 17.0 Å². The lowest BCUT2D eigenvalue weighted by Crippen LogP contribution is -2.41. The number of rotatable bonds is 8. The predicted octanol–water partition coefficient (Wildman–Crippen LogP) is 2.76. The lowest BCUT2D eigenvalue weighted by atomic mass is 9.87. The zero-order chi connectivity index (χ0) is 26.0. The lowest BCUT2D eigenvalue weighted by Gasteiger charge is -2.32. The first-order chi connectivity index (χ1) is 17.9. The van der Waals surface area contributed by atoms with Crippen molar-refractivity contribution >= 4 is 40.2 Å². The molecule has 0 fully saturated rings. The molecule has 0 saturated carbocycles. The third-order valence-corrected chi connectivity index (χ3v) is 6.29. The van der Waals surface area contributed by atoms with Crippen LogP contribution in [0, 0.1) is 6.92 Å². The van der Waals surface area contributed by atoms with Crippen molar-refractivity contribution < 1.29 is 9.90 Å². The number of allylic oxidation sites excluding steroid dienone is 2. The van der Waals surface area contributed by atoms with Crippen LogP contribution in [0.25, 0.3) is 16.7 Å². The van der Waals surface area contributed by atoms with Crippen molar-refractivity contribution in [1.82, 2.24) is 29.3 Å². The summed E-state index contributed by atoms with van der Waals surface area (Å²) in [6.45, 7) is 4.28. The number of hydrogen-bond donors (Lipinski definition) is 4. The summed E-state index contributed by atoms with van der Waals surface area (Å²) in [6, 6.07) is 11.9. The molecule has 190 valence electrons. The van der Waals surface area contributed by atoms with Gasteiger partial charge in [0, 0.05) is 12.6 Å². The Balaban J connectivity index is 1.37. The fourth-order valence-electron chi connectivity index (χ4n) is 4.40. The Kier molecular flexibility index (Phi) is 6.45. The molecule has 3 aromatic heterocycles. The number of amides is 1. The smallest absolute Gasteiger partial charge is 0.245 e. The third-order valence-electron chi connectivity index (χ3n) is 6.29. The number of nitrogens with one attached hydrogen (secondary N) is 2. The Morgan fingerprint density at radius 1 is 1.24 bits per heavy atom. The highest BCUT2D eigenvalue weighted by molar-refractivity contribution is 5.92. The minimum absolute atomic E-state index is 0.0193. The van der Waals surface area contributed by atoms with Gasteiger partial charge in [-0.1, -0.05) is 48.6 Å². The largest absolute Gasteiger partial charge is 0.394 e. The van der Waals surface area contributed by atoms with Crippen LogP contribution >= 0.6 is 0 Å². The molecule has 3 heterocycles. The SMILES string of the molecule is CCn1nc(C)cc1NC(=O)Cn1cnc2c(NC3(CO)C=CC(c4ccccc4)=CC3)nc(N)nc21. The van der Waals surface area contributed by atoms with Crippen LogP contribution in [0.15, 0.2) is 61.0 Å². The number of nitrogens with zero attached hydrogens (tertiary/aromatic N) is 6. The van der Waals surface area contributed by atoms with Gasteiger partial charge in [0.05, 0.1) is 24.2 Å². The summed E-state index contributed by atoms with van der Waals surface area (Å²) in [4.78, 5) is 25.9. The molecule has 1 aromatic carbocycles. The quantitative estimate of drug-likeness (QED) is 0.289. The van der Waals surface area contributed by atoms with Crippen LogP contribution in [0.1, 0.15) is 24.6 Å². The van der Waals surface area contributed by atoms with Crippen LogP contribution in [0.2, 0.25) is 0 Å². The molecule has 0 saturated heterocycles. The summed E-state index contributed by atoms with van der Waals surface area (Å²) in [7, 11) is 0. The van der Waals surface area contributed by atoms with Crippen molar-refractivity contribution in [1.29, 1.82) is 0 Å². The van der Waals surface area contributed by atoms with Crippen molar-refractivity contribution in [2.75, 3.05) is 23.0 Å². The molecule has 1 unspecified atom stereocenters. The maximum atomic E-state index is 12.8. The highest BCUT2D eigenvalue weighted by Crippen LogP contribution is 2.31. The normalized spacial score (nSPS) is 17.1. The number of nitrogen functional groups attached to an aromatic ring is 1. The zero-order valence-corrected chi connectivity index (χ0v) is 20.7. The second-order valence-corrected chi connectivity index (χ2v) is 9.01. The molecule has 11 heteroatoms. The maximum absolute atomic E-state index is 12.8. The second kappa shape index (κ2) is 9.86. The molecule has 1 aliphatic carbocycles. The number of anilines is 3. The van der Waals surface area contributed by atoms with Crippen molar-refractivity contribution in [2.45, 2.75) is 38.9 Å². The molecule has 11 nitrogen and oxygen atoms in total. The maximum Gasteiger partial charge on any atom is 0.245 e. The monoisotopic (exact) mass is 499 g/mol. The molecule has 4 aromatic rings. The van der Waals surface area contributed by atoms with Gasteiger partial charge in [-0.05, 0) is 31.4 Å². The number of hydrogen-bond acceptors (Lipinski definition) is 8. The van der Waals surface area contributed by atoms with E-state index in [0.717, 1.165) is 16.8 Å². The number of aromatic nitrogens is 6. The van der Waals surface area contributed by atoms with E-state index >= 15 is 0 Å². The molecular weight excluding hydrogens is 470 g/mol. The highest BCUT2D eigenvalue weighted by Gasteiger charge is 2.30. The third kappa shape index (κ3) is 4.94. The molecule has 0 bridgehead atoms. The van der Waals surface area contributed by atoms with Crippen LogP contribution < -0.4 is 16.4 Å². The summed E-state index contributed by atoms with van der Waals surface area (Å²) in [5.41, 5.74) is 9.11. The van der Waals surface area contributed by atoms with Crippen LogP contribution in [-0.4, -0.2) is 52.5 Å². The minimum Gasteiger partial charge on any atom is -0.394 e. The molecule has 1 atom stereocenters. The molecule has 1 aliphatic rings. The number of fused-ring (bicyclic) bond motifs is 1. The summed E-state index contributed by atoms with van der Waals surface area (Å²) < 4.78 is 3.34. The van der Waals surface area contributed by atoms with Crippen molar-refractivity contribution in [3.8, 4) is 0 Å². The topological polar surface area (TPSA) is 149 Å². The van der Waals surface area contributed by atoms with E-state index in [4.69, 9.17) is 5.73 Å². The van der Waals surface area contributed by atoms with E-state index in [9.17, 15) is 9.90 Å². The number of nitrogens with two attached hydrogens (primary N) is 1. The first-order valence-electron chi connectivity index (χ1n) is 12.1. The number of benzene rings is 1. The van der Waals surface area contributed by atoms with Gasteiger partial charge in [-0.15, -0.1) is 0 Å². The van der Waals surface area contributed by atoms with Crippen molar-refractivity contribution in [2.24, 2.45) is 0 Å². The Morgan fingerprint density at radius 3 is 2.76 bits per heavy atom. The fraction of sp³-hybridized carbons (Fsp3) is 0.269. The average molecular weight is 500 g/mol. The van der Waals surface area contributed by atoms with Crippen LogP contribution in [0.5, 0.6) is 0 Å². The molecule has 0 spiro atoms. The van der Waals surface area contributed by atoms with Gasteiger partial charge in [-0.3, -0.25) is 4.79 Å². The minimum atomic E-state index is -0.788. The van der Waals surface area contributed by atoms with Gasteiger partial charge >= 0.3 is 0 Å². The number of carbonyl (C=O) groups excluding carboxylic acids is 1. The summed E-state index contributed by atoms with van der Waals surface area (Å²) in [5.74, 6) is 0.797. The Bertz CT molecular complexity index is 1500. The molecule has 5 rings (SSSR count). The summed E-state index contributed by atoms with van der Waals surface area (Å²) >= 11 is 0. The fourth-order valence-corrected chi connectivity index (χ4v) is 4.40. The molecule has 37 heavy (non-hydrogen) atoms. The highest BCUT2D eigenvalue weighted by atomic mass is 16.3. The first kappa shape index (κ1) is 24.2. The number of carbonyl (C=O) groups is 1. The van der Waals surface area contributed by atoms with Crippen molar-refractivity contribution in [3.63, 3.8) is 0 Å². The Hall–Kier alpha value is -4.51. The molecule has 0 radical (unpaired) electrons. The van der Waals surface area contributed by atoms with Gasteiger partial charge < -0.3 is 26.0 Å². The van der Waals surface area contributed by atoms with Gasteiger partial charge in [-0.25, -0.2) is 9.67 Å². The summed E-state index contributed by atoms with van der Waals surface area (Å²) in [6.07, 6.45) is 8.05. The van der Waals surface area contributed by atoms with Gasteiger partial charge in [0.25, 0.3) is 0 Å². The van der Waals surface area contributed by atoms with E-state index in [-0.39, 0.29) is 25.0 Å². The van der Waals surface area contributed by atoms with E-state index in [1.807, 2.05) is 62.4 Å². The molecule has 5 N–H and O–H groups in total. The van der Waals surface area contributed by atoms with Gasteiger partial charge in [-0.2, -0.15) is 15.1 Å². The van der Waals surface area contributed by atoms with Crippen LogP contribution in [0.3, 0.4) is 0 Å². The predicted molar refractivity (Wildman–Crippen MR) is 143 cm³/mol. The zero-order valence-electron chi connectivity index (χ0n) is 20.7. The summed E-state index contributed by atoms with van der Waals surface area (Å²) in [5, 5.41) is 20.9. The number of aliphatic hydroxyl groups excluding tert-OH is 1. The van der Waals surface area contributed by atoms with E-state index in [1.54, 1.807) is 9.25 Å². The number of imidazole rings is 1. The molecular formula is C26H29N9O2. The number of aliphatic hydroxyl groups is 1. The van der Waals surface area contributed by atoms with Gasteiger partial charge in [0.2, 0.25) is 11.9 Å². The molecule has 0 aliphatic heterocycles. The second-order valence-electron chi connectivity index (χ2n) is 9.01. The van der Waals surface area contributed by atoms with E-state index < -0.39 is 5.54 Å². The standard InChI is InChI=1S/C26H29N9O2/c1-3-35-20(13-17(2)33-35)29-21(37)14-34-16-28-22-23(30-25(27)31-24(22)34)32-26(15-36)11-9-19(10-12-26)18-7-5-4-6-8-18/h4-11,13,16,36H,3,12,14-15H2,1-2H3,(H,29,37)(H3,27,30,31,32). The Labute approximate surface area is 213 Å². The average Bonchev–Trinajstić information content (AvgIpc) is 3.47. The molecule has 1 amide bonds. The lowest BCUT2D eigenvalue weighted by molar-refractivity contribution is -0.116. The van der Waals surface area contributed by atoms with E-state index in [2.05, 4.69) is 36.8 Å². The first-order valence-corrected chi connectivity index (χ1v) is 12.1. The Morgan fingerprint density at radius 2 is 2.05 bits per heavy atom. The van der Waals surface area contributed by atoms with Gasteiger partial charge in [0.1, 0.15) is 12.4 Å². The number of aryl methyl sites for hydroxylation is 2. The van der Waals surface area contributed by atoms with E-state index in [0.29, 0.717) is 35.8 Å². The van der Waals surface area contributed by atoms with Crippen molar-refractivity contribution in [3.05, 3.63) is 72.2 Å². The van der Waals surface area contributed by atoms with Crippen LogP contribution in [-0.2, 0) is 17.9 Å². The van der Waals surface area contributed by atoms with E-state index in [1.165, 1.54) is 6.33 Å². The van der Waals surface area contributed by atoms with Crippen LogP contribution in [0.4, 0.5) is 17.6 Å².